The van der Waals surface area contributed by atoms with Gasteiger partial charge in [0.15, 0.2) is 0 Å². The van der Waals surface area contributed by atoms with Gasteiger partial charge < -0.3 is 10.6 Å². The predicted molar refractivity (Wildman–Crippen MR) is 93.0 cm³/mol. The second-order valence-corrected chi connectivity index (χ2v) is 6.85. The summed E-state index contributed by atoms with van der Waals surface area (Å²) in [7, 11) is 0. The summed E-state index contributed by atoms with van der Waals surface area (Å²) in [4.78, 5) is 12.2. The lowest BCUT2D eigenvalue weighted by Crippen LogP contribution is -2.51. The van der Waals surface area contributed by atoms with Gasteiger partial charge in [0.25, 0.3) is 0 Å². The third-order valence-corrected chi connectivity index (χ3v) is 5.08. The Hall–Kier alpha value is -0.710. The molecule has 0 aromatic heterocycles. The van der Waals surface area contributed by atoms with E-state index in [9.17, 15) is 4.79 Å². The molecule has 3 unspecified atom stereocenters. The van der Waals surface area contributed by atoms with Crippen molar-refractivity contribution in [1.82, 2.24) is 10.6 Å². The second kappa shape index (κ2) is 9.34. The zero-order valence-corrected chi connectivity index (χ0v) is 14.3. The molecule has 0 saturated carbocycles. The number of halogens is 1. The number of hydrogen-bond donors (Lipinski definition) is 2. The highest BCUT2D eigenvalue weighted by Crippen LogP contribution is 2.18. The van der Waals surface area contributed by atoms with Crippen molar-refractivity contribution in [2.45, 2.75) is 37.3 Å². The maximum Gasteiger partial charge on any atom is 0.233 e. The molecule has 1 aromatic rings. The number of carbonyl (C=O) groups excluding carboxylic acids is 1. The molecule has 0 radical (unpaired) electrons. The molecule has 1 aromatic carbocycles. The van der Waals surface area contributed by atoms with Gasteiger partial charge >= 0.3 is 0 Å². The Morgan fingerprint density at radius 3 is 2.81 bits per heavy atom. The molecular weight excluding hydrogens is 304 g/mol. The first-order chi connectivity index (χ1) is 9.66. The summed E-state index contributed by atoms with van der Waals surface area (Å²) in [6.45, 7) is 6.16. The normalized spacial score (nSPS) is 23.0. The number of piperidine rings is 1. The summed E-state index contributed by atoms with van der Waals surface area (Å²) in [5.41, 5.74) is 1.27. The molecule has 1 heterocycles. The van der Waals surface area contributed by atoms with Crippen LogP contribution in [0.15, 0.2) is 30.3 Å². The fraction of sp³-hybridized carbons (Fsp3) is 0.562. The summed E-state index contributed by atoms with van der Waals surface area (Å²) < 4.78 is 0. The smallest absolute Gasteiger partial charge is 0.233 e. The van der Waals surface area contributed by atoms with Crippen LogP contribution in [0.3, 0.4) is 0 Å². The van der Waals surface area contributed by atoms with Crippen molar-refractivity contribution in [3.63, 3.8) is 0 Å². The standard InChI is InChI=1S/C16H24N2OS.ClH/c1-12-8-9-17-10-15(12)18-16(19)13(2)20-11-14-6-4-3-5-7-14;/h3-7,12-13,15,17H,8-11H2,1-2H3,(H,18,19);1H. The third-order valence-electron chi connectivity index (χ3n) is 3.87. The van der Waals surface area contributed by atoms with Crippen LogP contribution in [0.4, 0.5) is 0 Å². The lowest BCUT2D eigenvalue weighted by Gasteiger charge is -2.31. The van der Waals surface area contributed by atoms with Crippen molar-refractivity contribution in [3.05, 3.63) is 35.9 Å². The Kier molecular flexibility index (Phi) is 8.15. The number of thioether (sulfide) groups is 1. The molecule has 1 fully saturated rings. The van der Waals surface area contributed by atoms with E-state index in [1.165, 1.54) is 5.56 Å². The number of nitrogens with one attached hydrogen (secondary N) is 2. The van der Waals surface area contributed by atoms with Gasteiger partial charge in [-0.05, 0) is 31.4 Å². The highest BCUT2D eigenvalue weighted by Gasteiger charge is 2.24. The first-order valence-corrected chi connectivity index (χ1v) is 8.38. The number of benzene rings is 1. The monoisotopic (exact) mass is 328 g/mol. The average Bonchev–Trinajstić information content (AvgIpc) is 2.48. The highest BCUT2D eigenvalue weighted by atomic mass is 35.5. The largest absolute Gasteiger partial charge is 0.351 e. The molecule has 0 spiro atoms. The predicted octanol–water partition coefficient (Wildman–Crippen LogP) is 2.84. The molecule has 3 atom stereocenters. The Balaban J connectivity index is 0.00000220. The van der Waals surface area contributed by atoms with Crippen molar-refractivity contribution >= 4 is 30.1 Å². The fourth-order valence-electron chi connectivity index (χ4n) is 2.35. The SMILES string of the molecule is CC(SCc1ccccc1)C(=O)NC1CNCCC1C.Cl. The zero-order chi connectivity index (χ0) is 14.4. The molecule has 1 aliphatic heterocycles. The Bertz CT molecular complexity index is 430. The van der Waals surface area contributed by atoms with E-state index in [-0.39, 0.29) is 29.6 Å². The van der Waals surface area contributed by atoms with Crippen molar-refractivity contribution in [2.24, 2.45) is 5.92 Å². The van der Waals surface area contributed by atoms with Crippen LogP contribution >= 0.6 is 24.2 Å². The molecule has 2 N–H and O–H groups in total. The van der Waals surface area contributed by atoms with E-state index in [2.05, 4.69) is 29.7 Å². The van der Waals surface area contributed by atoms with Gasteiger partial charge in [0.2, 0.25) is 5.91 Å². The van der Waals surface area contributed by atoms with Crippen LogP contribution in [0.1, 0.15) is 25.8 Å². The van der Waals surface area contributed by atoms with Crippen LogP contribution in [0.25, 0.3) is 0 Å². The van der Waals surface area contributed by atoms with Crippen molar-refractivity contribution in [3.8, 4) is 0 Å². The van der Waals surface area contributed by atoms with Gasteiger partial charge in [-0.1, -0.05) is 37.3 Å². The lowest BCUT2D eigenvalue weighted by atomic mass is 9.95. The molecule has 0 bridgehead atoms. The molecule has 0 aliphatic carbocycles. The quantitative estimate of drug-likeness (QED) is 0.873. The van der Waals surface area contributed by atoms with Crippen LogP contribution in [-0.4, -0.2) is 30.3 Å². The number of rotatable bonds is 5. The van der Waals surface area contributed by atoms with Gasteiger partial charge in [-0.25, -0.2) is 0 Å². The third kappa shape index (κ3) is 5.89. The van der Waals surface area contributed by atoms with Crippen molar-refractivity contribution < 1.29 is 4.79 Å². The molecule has 1 aliphatic rings. The van der Waals surface area contributed by atoms with Gasteiger partial charge in [0.05, 0.1) is 5.25 Å². The number of carbonyl (C=O) groups is 1. The van der Waals surface area contributed by atoms with Crippen molar-refractivity contribution in [2.75, 3.05) is 13.1 Å². The van der Waals surface area contributed by atoms with E-state index >= 15 is 0 Å². The van der Waals surface area contributed by atoms with E-state index < -0.39 is 0 Å². The van der Waals surface area contributed by atoms with Crippen LogP contribution in [0.2, 0.25) is 0 Å². The number of hydrogen-bond acceptors (Lipinski definition) is 3. The van der Waals surface area contributed by atoms with E-state index in [0.717, 1.165) is 25.3 Å². The lowest BCUT2D eigenvalue weighted by molar-refractivity contribution is -0.121. The molecule has 1 amide bonds. The van der Waals surface area contributed by atoms with E-state index in [4.69, 9.17) is 0 Å². The first-order valence-electron chi connectivity index (χ1n) is 7.33. The molecule has 5 heteroatoms. The van der Waals surface area contributed by atoms with Gasteiger partial charge in [0.1, 0.15) is 0 Å². The van der Waals surface area contributed by atoms with E-state index in [1.54, 1.807) is 11.8 Å². The Morgan fingerprint density at radius 2 is 2.14 bits per heavy atom. The van der Waals surface area contributed by atoms with Gasteiger partial charge in [-0.2, -0.15) is 0 Å². The second-order valence-electron chi connectivity index (χ2n) is 5.52. The van der Waals surface area contributed by atoms with E-state index in [1.807, 2.05) is 25.1 Å². The minimum atomic E-state index is -0.00988. The van der Waals surface area contributed by atoms with Crippen LogP contribution in [0, 0.1) is 5.92 Å². The van der Waals surface area contributed by atoms with Gasteiger partial charge in [0, 0.05) is 18.3 Å². The zero-order valence-electron chi connectivity index (χ0n) is 12.7. The summed E-state index contributed by atoms with van der Waals surface area (Å²) in [5, 5.41) is 6.52. The molecule has 1 saturated heterocycles. The van der Waals surface area contributed by atoms with E-state index in [0.29, 0.717) is 5.92 Å². The van der Waals surface area contributed by atoms with Crippen LogP contribution < -0.4 is 10.6 Å². The van der Waals surface area contributed by atoms with Gasteiger partial charge in [-0.15, -0.1) is 24.2 Å². The molecule has 3 nitrogen and oxygen atoms in total. The Morgan fingerprint density at radius 1 is 1.43 bits per heavy atom. The summed E-state index contributed by atoms with van der Waals surface area (Å²) in [6, 6.07) is 10.6. The summed E-state index contributed by atoms with van der Waals surface area (Å²) in [6.07, 6.45) is 1.14. The van der Waals surface area contributed by atoms with Crippen LogP contribution in [-0.2, 0) is 10.5 Å². The minimum absolute atomic E-state index is 0. The van der Waals surface area contributed by atoms with Crippen molar-refractivity contribution in [1.29, 1.82) is 0 Å². The number of amides is 1. The topological polar surface area (TPSA) is 41.1 Å². The molecule has 2 rings (SSSR count). The minimum Gasteiger partial charge on any atom is -0.351 e. The molecule has 21 heavy (non-hydrogen) atoms. The highest BCUT2D eigenvalue weighted by molar-refractivity contribution is 7.99. The molecule has 118 valence electrons. The summed E-state index contributed by atoms with van der Waals surface area (Å²) >= 11 is 1.69. The summed E-state index contributed by atoms with van der Waals surface area (Å²) in [5.74, 6) is 1.60. The first kappa shape index (κ1) is 18.3. The van der Waals surface area contributed by atoms with Crippen LogP contribution in [0.5, 0.6) is 0 Å². The maximum absolute atomic E-state index is 12.2. The van der Waals surface area contributed by atoms with Gasteiger partial charge in [-0.3, -0.25) is 4.79 Å². The maximum atomic E-state index is 12.2. The average molecular weight is 329 g/mol. The fourth-order valence-corrected chi connectivity index (χ4v) is 3.21. The Labute approximate surface area is 138 Å². The molecular formula is C16H25ClN2OS.